The van der Waals surface area contributed by atoms with Crippen LogP contribution in [0.3, 0.4) is 0 Å². The quantitative estimate of drug-likeness (QED) is 0.842. The van der Waals surface area contributed by atoms with Crippen molar-refractivity contribution in [3.63, 3.8) is 0 Å². The van der Waals surface area contributed by atoms with E-state index in [1.807, 2.05) is 4.90 Å². The number of nitriles is 1. The van der Waals surface area contributed by atoms with Crippen molar-refractivity contribution in [2.45, 2.75) is 13.0 Å². The van der Waals surface area contributed by atoms with Crippen LogP contribution in [-0.2, 0) is 0 Å². The van der Waals surface area contributed by atoms with Crippen LogP contribution in [0.2, 0.25) is 0 Å². The summed E-state index contributed by atoms with van der Waals surface area (Å²) in [6, 6.07) is 1.81. The first kappa shape index (κ1) is 13.2. The topological polar surface area (TPSA) is 93.3 Å². The second-order valence-electron chi connectivity index (χ2n) is 4.34. The van der Waals surface area contributed by atoms with E-state index in [2.05, 4.69) is 16.0 Å². The molecule has 0 aliphatic carbocycles. The molecule has 2 rings (SSSR count). The monoisotopic (exact) mass is 268 g/mol. The molecule has 1 saturated heterocycles. The van der Waals surface area contributed by atoms with Crippen LogP contribution in [0.5, 0.6) is 0 Å². The first-order chi connectivity index (χ1) is 8.52. The van der Waals surface area contributed by atoms with Crippen molar-refractivity contribution >= 4 is 10.6 Å². The molecule has 1 atom stereocenters. The van der Waals surface area contributed by atoms with E-state index in [1.54, 1.807) is 19.3 Å². The molecule has 98 valence electrons. The molecule has 1 aliphatic rings. The van der Waals surface area contributed by atoms with Gasteiger partial charge in [0.2, 0.25) is 0 Å². The van der Waals surface area contributed by atoms with Crippen LogP contribution in [0.25, 0.3) is 0 Å². The lowest BCUT2D eigenvalue weighted by molar-refractivity contribution is 0.247. The van der Waals surface area contributed by atoms with Crippen molar-refractivity contribution in [3.8, 4) is 6.07 Å². The molecular formula is C11H16N4O2S. The average molecular weight is 268 g/mol. The number of rotatable bonds is 2. The van der Waals surface area contributed by atoms with Gasteiger partial charge in [0, 0.05) is 31.0 Å². The first-order valence-electron chi connectivity index (χ1n) is 5.68. The molecule has 1 fully saturated rings. The fraction of sp³-hybridized carbons (Fsp3) is 0.545. The lowest BCUT2D eigenvalue weighted by Gasteiger charge is -2.42. The first-order valence-corrected chi connectivity index (χ1v) is 7.56. The smallest absolute Gasteiger partial charge is 0.126 e. The summed E-state index contributed by atoms with van der Waals surface area (Å²) < 4.78 is 19.1. The zero-order chi connectivity index (χ0) is 13.2. The molecule has 0 saturated carbocycles. The molecule has 0 bridgehead atoms. The van der Waals surface area contributed by atoms with Crippen LogP contribution in [0.1, 0.15) is 17.4 Å². The van der Waals surface area contributed by atoms with E-state index in [4.69, 9.17) is 0 Å². The SMILES string of the molecule is Cc1ncc(C(C#N)N2CCS(O)(O)CC2)cn1. The number of hydrogen-bond donors (Lipinski definition) is 2. The van der Waals surface area contributed by atoms with Gasteiger partial charge in [0.05, 0.1) is 17.6 Å². The van der Waals surface area contributed by atoms with Gasteiger partial charge in [-0.1, -0.05) is 0 Å². The molecule has 0 amide bonds. The Balaban J connectivity index is 2.11. The van der Waals surface area contributed by atoms with Crippen molar-refractivity contribution in [3.05, 3.63) is 23.8 Å². The second kappa shape index (κ2) is 5.20. The van der Waals surface area contributed by atoms with Gasteiger partial charge in [0.15, 0.2) is 0 Å². The summed E-state index contributed by atoms with van der Waals surface area (Å²) in [4.78, 5) is 10.1. The highest BCUT2D eigenvalue weighted by Crippen LogP contribution is 2.41. The average Bonchev–Trinajstić information content (AvgIpc) is 2.34. The summed E-state index contributed by atoms with van der Waals surface area (Å²) in [7, 11) is -2.43. The molecule has 1 aromatic heterocycles. The van der Waals surface area contributed by atoms with E-state index in [9.17, 15) is 14.4 Å². The normalized spacial score (nSPS) is 23.0. The highest BCUT2D eigenvalue weighted by Gasteiger charge is 2.28. The van der Waals surface area contributed by atoms with Gasteiger partial charge in [-0.15, -0.1) is 0 Å². The third-order valence-corrected chi connectivity index (χ3v) is 4.69. The Hall–Kier alpha value is -1.20. The standard InChI is InChI=1S/C11H16N4O2S/c1-9-13-7-10(8-14-9)11(6-12)15-2-4-18(16,17)5-3-15/h7-8,11,16-17H,2-5H2,1H3. The van der Waals surface area contributed by atoms with E-state index < -0.39 is 16.6 Å². The highest BCUT2D eigenvalue weighted by molar-refractivity contribution is 8.24. The van der Waals surface area contributed by atoms with Crippen LogP contribution >= 0.6 is 10.6 Å². The summed E-state index contributed by atoms with van der Waals surface area (Å²) in [5, 5.41) is 9.27. The molecule has 6 nitrogen and oxygen atoms in total. The molecule has 0 aromatic carbocycles. The lowest BCUT2D eigenvalue weighted by atomic mass is 10.1. The van der Waals surface area contributed by atoms with Crippen molar-refractivity contribution in [1.29, 1.82) is 5.26 Å². The Morgan fingerprint density at radius 3 is 2.39 bits per heavy atom. The third-order valence-electron chi connectivity index (χ3n) is 3.01. The summed E-state index contributed by atoms with van der Waals surface area (Å²) in [6.45, 7) is 2.81. The molecular weight excluding hydrogens is 252 g/mol. The molecule has 0 spiro atoms. The van der Waals surface area contributed by atoms with Crippen molar-refractivity contribution < 1.29 is 9.11 Å². The van der Waals surface area contributed by atoms with Crippen molar-refractivity contribution in [2.24, 2.45) is 0 Å². The summed E-state index contributed by atoms with van der Waals surface area (Å²) in [6.07, 6.45) is 3.31. The maximum absolute atomic E-state index is 9.56. The largest absolute Gasteiger partial charge is 0.299 e. The highest BCUT2D eigenvalue weighted by atomic mass is 32.3. The van der Waals surface area contributed by atoms with Gasteiger partial charge in [0.1, 0.15) is 11.9 Å². The van der Waals surface area contributed by atoms with Gasteiger partial charge in [-0.3, -0.25) is 14.0 Å². The minimum atomic E-state index is -2.43. The lowest BCUT2D eigenvalue weighted by Crippen LogP contribution is -2.40. The Morgan fingerprint density at radius 1 is 1.33 bits per heavy atom. The minimum Gasteiger partial charge on any atom is -0.299 e. The van der Waals surface area contributed by atoms with E-state index in [0.29, 0.717) is 30.4 Å². The third kappa shape index (κ3) is 2.97. The Morgan fingerprint density at radius 2 is 1.89 bits per heavy atom. The predicted molar refractivity (Wildman–Crippen MR) is 69.3 cm³/mol. The molecule has 1 aliphatic heterocycles. The van der Waals surface area contributed by atoms with Crippen molar-refractivity contribution in [1.82, 2.24) is 14.9 Å². The Kier molecular flexibility index (Phi) is 3.82. The molecule has 0 radical (unpaired) electrons. The number of nitrogens with zero attached hydrogens (tertiary/aromatic N) is 4. The van der Waals surface area contributed by atoms with E-state index in [-0.39, 0.29) is 0 Å². The predicted octanol–water partition coefficient (Wildman–Crippen LogP) is 1.42. The second-order valence-corrected chi connectivity index (χ2v) is 6.76. The van der Waals surface area contributed by atoms with Gasteiger partial charge in [0.25, 0.3) is 0 Å². The molecule has 18 heavy (non-hydrogen) atoms. The van der Waals surface area contributed by atoms with Gasteiger partial charge in [-0.2, -0.15) is 15.9 Å². The van der Waals surface area contributed by atoms with Crippen LogP contribution < -0.4 is 0 Å². The van der Waals surface area contributed by atoms with E-state index >= 15 is 0 Å². The Bertz CT molecular complexity index is 447. The zero-order valence-corrected chi connectivity index (χ0v) is 11.0. The van der Waals surface area contributed by atoms with E-state index in [0.717, 1.165) is 5.56 Å². The maximum atomic E-state index is 9.56. The molecule has 2 N–H and O–H groups in total. The van der Waals surface area contributed by atoms with Crippen LogP contribution in [0.15, 0.2) is 12.4 Å². The van der Waals surface area contributed by atoms with Gasteiger partial charge < -0.3 is 0 Å². The molecule has 1 unspecified atom stereocenters. The molecule has 2 heterocycles. The number of aromatic nitrogens is 2. The van der Waals surface area contributed by atoms with Gasteiger partial charge in [-0.05, 0) is 6.92 Å². The summed E-state index contributed by atoms with van der Waals surface area (Å²) in [5.41, 5.74) is 0.751. The van der Waals surface area contributed by atoms with Crippen molar-refractivity contribution in [2.75, 3.05) is 24.6 Å². The van der Waals surface area contributed by atoms with Gasteiger partial charge >= 0.3 is 0 Å². The Labute approximate surface area is 108 Å². The fourth-order valence-electron chi connectivity index (χ4n) is 1.91. The zero-order valence-electron chi connectivity index (χ0n) is 10.2. The van der Waals surface area contributed by atoms with Gasteiger partial charge in [-0.25, -0.2) is 9.97 Å². The maximum Gasteiger partial charge on any atom is 0.126 e. The molecule has 7 heteroatoms. The number of aryl methyl sites for hydroxylation is 1. The van der Waals surface area contributed by atoms with E-state index in [1.165, 1.54) is 0 Å². The fourth-order valence-corrected chi connectivity index (χ4v) is 3.17. The van der Waals surface area contributed by atoms with Crippen LogP contribution in [0, 0.1) is 18.3 Å². The summed E-state index contributed by atoms with van der Waals surface area (Å²) >= 11 is 0. The van der Waals surface area contributed by atoms with Crippen LogP contribution in [-0.4, -0.2) is 48.6 Å². The van der Waals surface area contributed by atoms with Crippen LogP contribution in [0.4, 0.5) is 0 Å². The molecule has 1 aromatic rings. The minimum absolute atomic E-state index is 0.331. The number of hydrogen-bond acceptors (Lipinski definition) is 6. The summed E-state index contributed by atoms with van der Waals surface area (Å²) in [5.74, 6) is 1.33.